The number of nitrogens with zero attached hydrogens (tertiary/aromatic N) is 2. The summed E-state index contributed by atoms with van der Waals surface area (Å²) < 4.78 is 31.4. The van der Waals surface area contributed by atoms with E-state index in [0.29, 0.717) is 23.8 Å². The molecule has 1 atom stereocenters. The smallest absolute Gasteiger partial charge is 0.240 e. The predicted molar refractivity (Wildman–Crippen MR) is 81.3 cm³/mol. The molecule has 0 amide bonds. The van der Waals surface area contributed by atoms with Gasteiger partial charge in [-0.3, -0.25) is 0 Å². The third kappa shape index (κ3) is 3.60. The minimum atomic E-state index is -0.861. The first kappa shape index (κ1) is 15.3. The van der Waals surface area contributed by atoms with Gasteiger partial charge in [0.25, 0.3) is 0 Å². The van der Waals surface area contributed by atoms with Gasteiger partial charge < -0.3 is 9.84 Å². The third-order valence-corrected chi connectivity index (χ3v) is 3.50. The summed E-state index contributed by atoms with van der Waals surface area (Å²) >= 11 is 0. The van der Waals surface area contributed by atoms with E-state index in [0.717, 1.165) is 11.6 Å². The lowest BCUT2D eigenvalue weighted by atomic mass is 10.1. The summed E-state index contributed by atoms with van der Waals surface area (Å²) in [4.78, 5) is 4.30. The summed E-state index contributed by atoms with van der Waals surface area (Å²) in [6.07, 6.45) is 0. The van der Waals surface area contributed by atoms with Crippen molar-refractivity contribution in [2.75, 3.05) is 0 Å². The molecule has 1 aromatic heterocycles. The molecule has 0 aliphatic carbocycles. The zero-order valence-corrected chi connectivity index (χ0v) is 12.5. The molecule has 0 fully saturated rings. The second-order valence-corrected chi connectivity index (χ2v) is 5.15. The Morgan fingerprint density at radius 3 is 2.61 bits per heavy atom. The van der Waals surface area contributed by atoms with E-state index in [4.69, 9.17) is 4.52 Å². The van der Waals surface area contributed by atoms with Crippen LogP contribution in [0.25, 0.3) is 11.4 Å². The molecule has 23 heavy (non-hydrogen) atoms. The highest BCUT2D eigenvalue weighted by Crippen LogP contribution is 2.18. The van der Waals surface area contributed by atoms with Gasteiger partial charge in [0, 0.05) is 11.6 Å². The van der Waals surface area contributed by atoms with Crippen molar-refractivity contribution in [3.63, 3.8) is 0 Å². The van der Waals surface area contributed by atoms with Gasteiger partial charge in [0.05, 0.1) is 6.54 Å². The Morgan fingerprint density at radius 1 is 1.09 bits per heavy atom. The zero-order valence-electron chi connectivity index (χ0n) is 12.5. The number of nitrogens with one attached hydrogen (secondary N) is 1. The van der Waals surface area contributed by atoms with Crippen LogP contribution in [-0.2, 0) is 6.54 Å². The highest BCUT2D eigenvalue weighted by atomic mass is 19.2. The second kappa shape index (κ2) is 6.66. The van der Waals surface area contributed by atoms with Gasteiger partial charge in [-0.05, 0) is 24.6 Å². The molecule has 118 valence electrons. The first-order valence-corrected chi connectivity index (χ1v) is 7.20. The van der Waals surface area contributed by atoms with Gasteiger partial charge in [0.2, 0.25) is 11.7 Å². The molecular formula is C17H15F2N3O. The molecule has 0 unspecified atom stereocenters. The van der Waals surface area contributed by atoms with Crippen molar-refractivity contribution >= 4 is 0 Å². The Hall–Kier alpha value is -2.60. The molecule has 3 aromatic rings. The lowest BCUT2D eigenvalue weighted by molar-refractivity contribution is 0.360. The van der Waals surface area contributed by atoms with Gasteiger partial charge in [-0.15, -0.1) is 0 Å². The van der Waals surface area contributed by atoms with Crippen molar-refractivity contribution in [3.05, 3.63) is 71.6 Å². The molecular weight excluding hydrogens is 300 g/mol. The molecule has 3 rings (SSSR count). The van der Waals surface area contributed by atoms with Gasteiger partial charge in [-0.25, -0.2) is 8.78 Å². The second-order valence-electron chi connectivity index (χ2n) is 5.15. The SMILES string of the molecule is C[C@@H](NCc1nc(-c2ccccc2)no1)c1ccc(F)c(F)c1. The quantitative estimate of drug-likeness (QED) is 0.776. The molecule has 1 heterocycles. The number of halogens is 2. The molecule has 0 spiro atoms. The van der Waals surface area contributed by atoms with E-state index in [1.807, 2.05) is 37.3 Å². The number of rotatable bonds is 5. The maximum atomic E-state index is 13.3. The van der Waals surface area contributed by atoms with E-state index < -0.39 is 11.6 Å². The Kier molecular flexibility index (Phi) is 4.43. The van der Waals surface area contributed by atoms with Crippen molar-refractivity contribution < 1.29 is 13.3 Å². The lowest BCUT2D eigenvalue weighted by Gasteiger charge is -2.12. The number of hydrogen-bond acceptors (Lipinski definition) is 4. The lowest BCUT2D eigenvalue weighted by Crippen LogP contribution is -2.18. The van der Waals surface area contributed by atoms with E-state index in [1.165, 1.54) is 6.07 Å². The van der Waals surface area contributed by atoms with Crippen LogP contribution in [0.5, 0.6) is 0 Å². The van der Waals surface area contributed by atoms with Gasteiger partial charge in [-0.1, -0.05) is 41.6 Å². The van der Waals surface area contributed by atoms with Crippen LogP contribution >= 0.6 is 0 Å². The summed E-state index contributed by atoms with van der Waals surface area (Å²) in [5.41, 5.74) is 1.52. The molecule has 0 bridgehead atoms. The summed E-state index contributed by atoms with van der Waals surface area (Å²) in [6, 6.07) is 13.1. The number of hydrogen-bond donors (Lipinski definition) is 1. The Balaban J connectivity index is 1.64. The van der Waals surface area contributed by atoms with Crippen LogP contribution in [0.2, 0.25) is 0 Å². The highest BCUT2D eigenvalue weighted by molar-refractivity contribution is 5.53. The molecule has 4 nitrogen and oxygen atoms in total. The molecule has 1 N–H and O–H groups in total. The highest BCUT2D eigenvalue weighted by Gasteiger charge is 2.12. The van der Waals surface area contributed by atoms with Crippen LogP contribution in [0.1, 0.15) is 24.4 Å². The molecule has 2 aromatic carbocycles. The van der Waals surface area contributed by atoms with E-state index >= 15 is 0 Å². The molecule has 0 saturated carbocycles. The van der Waals surface area contributed by atoms with Crippen LogP contribution in [0.3, 0.4) is 0 Å². The summed E-state index contributed by atoms with van der Waals surface area (Å²) in [5.74, 6) is -0.771. The van der Waals surface area contributed by atoms with E-state index in [9.17, 15) is 8.78 Å². The summed E-state index contributed by atoms with van der Waals surface area (Å²) in [7, 11) is 0. The largest absolute Gasteiger partial charge is 0.338 e. The number of aromatic nitrogens is 2. The molecule has 0 saturated heterocycles. The summed E-state index contributed by atoms with van der Waals surface area (Å²) in [6.45, 7) is 2.18. The van der Waals surface area contributed by atoms with Crippen LogP contribution in [0.4, 0.5) is 8.78 Å². The minimum Gasteiger partial charge on any atom is -0.338 e. The predicted octanol–water partition coefficient (Wildman–Crippen LogP) is 3.87. The van der Waals surface area contributed by atoms with E-state index in [-0.39, 0.29) is 6.04 Å². The first-order chi connectivity index (χ1) is 11.1. The molecule has 0 aliphatic rings. The maximum Gasteiger partial charge on any atom is 0.240 e. The van der Waals surface area contributed by atoms with Crippen molar-refractivity contribution in [2.24, 2.45) is 0 Å². The van der Waals surface area contributed by atoms with Gasteiger partial charge in [0.1, 0.15) is 0 Å². The van der Waals surface area contributed by atoms with Gasteiger partial charge in [-0.2, -0.15) is 4.98 Å². The fourth-order valence-corrected chi connectivity index (χ4v) is 2.17. The Labute approximate surface area is 132 Å². The number of benzene rings is 2. The molecule has 6 heteroatoms. The Bertz CT molecular complexity index is 790. The average Bonchev–Trinajstić information content (AvgIpc) is 3.05. The van der Waals surface area contributed by atoms with Crippen LogP contribution < -0.4 is 5.32 Å². The van der Waals surface area contributed by atoms with Crippen molar-refractivity contribution in [2.45, 2.75) is 19.5 Å². The van der Waals surface area contributed by atoms with Crippen LogP contribution in [0, 0.1) is 11.6 Å². The van der Waals surface area contributed by atoms with E-state index in [1.54, 1.807) is 6.07 Å². The topological polar surface area (TPSA) is 51.0 Å². The van der Waals surface area contributed by atoms with Gasteiger partial charge >= 0.3 is 0 Å². The maximum absolute atomic E-state index is 13.3. The minimum absolute atomic E-state index is 0.183. The van der Waals surface area contributed by atoms with Gasteiger partial charge in [0.15, 0.2) is 11.6 Å². The normalized spacial score (nSPS) is 12.3. The first-order valence-electron chi connectivity index (χ1n) is 7.20. The Morgan fingerprint density at radius 2 is 1.87 bits per heavy atom. The van der Waals surface area contributed by atoms with E-state index in [2.05, 4.69) is 15.5 Å². The van der Waals surface area contributed by atoms with Crippen LogP contribution in [0.15, 0.2) is 53.1 Å². The third-order valence-electron chi connectivity index (χ3n) is 3.50. The van der Waals surface area contributed by atoms with Crippen molar-refractivity contribution in [1.82, 2.24) is 15.5 Å². The van der Waals surface area contributed by atoms with Crippen LogP contribution in [-0.4, -0.2) is 10.1 Å². The summed E-state index contributed by atoms with van der Waals surface area (Å²) in [5, 5.41) is 7.07. The van der Waals surface area contributed by atoms with Crippen molar-refractivity contribution in [1.29, 1.82) is 0 Å². The fourth-order valence-electron chi connectivity index (χ4n) is 2.17. The standard InChI is InChI=1S/C17H15F2N3O/c1-11(13-7-8-14(18)15(19)9-13)20-10-16-21-17(22-23-16)12-5-3-2-4-6-12/h2-9,11,20H,10H2,1H3/t11-/m1/s1. The zero-order chi connectivity index (χ0) is 16.2. The average molecular weight is 315 g/mol. The monoisotopic (exact) mass is 315 g/mol. The molecule has 0 radical (unpaired) electrons. The molecule has 0 aliphatic heterocycles. The fraction of sp³-hybridized carbons (Fsp3) is 0.176. The van der Waals surface area contributed by atoms with Crippen molar-refractivity contribution in [3.8, 4) is 11.4 Å².